The summed E-state index contributed by atoms with van der Waals surface area (Å²) in [5, 5.41) is 13.7. The van der Waals surface area contributed by atoms with E-state index in [0.717, 1.165) is 0 Å². The monoisotopic (exact) mass is 449 g/mol. The van der Waals surface area contributed by atoms with E-state index in [1.807, 2.05) is 0 Å². The Balaban J connectivity index is 2.07. The first-order chi connectivity index (χ1) is 13.3. The fraction of sp³-hybridized carbons (Fsp3) is 0.333. The molecule has 0 saturated carbocycles. The lowest BCUT2D eigenvalue weighted by molar-refractivity contribution is 0.0571. The molecular weight excluding hydrogens is 430 g/mol. The largest absolute Gasteiger partial charge is 0.443 e. The number of aromatic nitrogens is 4. The van der Waals surface area contributed by atoms with E-state index in [4.69, 9.17) is 9.47 Å². The minimum absolute atomic E-state index is 0.0117. The Morgan fingerprint density at radius 2 is 2.14 bits per heavy atom. The summed E-state index contributed by atoms with van der Waals surface area (Å²) in [7, 11) is 0. The fourth-order valence-electron chi connectivity index (χ4n) is 2.39. The third kappa shape index (κ3) is 4.57. The van der Waals surface area contributed by atoms with Crippen molar-refractivity contribution in [1.29, 1.82) is 0 Å². The van der Waals surface area contributed by atoms with E-state index in [9.17, 15) is 9.90 Å². The molecular formula is C18H20BrN5O4. The molecule has 0 aliphatic rings. The number of rotatable bonds is 5. The summed E-state index contributed by atoms with van der Waals surface area (Å²) in [6, 6.07) is 5.03. The molecule has 0 spiro atoms. The molecule has 0 bridgehead atoms. The molecule has 148 valence electrons. The van der Waals surface area contributed by atoms with Gasteiger partial charge >= 0.3 is 6.09 Å². The molecule has 0 aliphatic heterocycles. The second-order valence-electron chi connectivity index (χ2n) is 6.83. The van der Waals surface area contributed by atoms with Crippen LogP contribution in [0.4, 0.5) is 10.6 Å². The summed E-state index contributed by atoms with van der Waals surface area (Å²) < 4.78 is 13.4. The van der Waals surface area contributed by atoms with Gasteiger partial charge in [0.05, 0.1) is 30.0 Å². The summed E-state index contributed by atoms with van der Waals surface area (Å²) in [4.78, 5) is 22.5. The van der Waals surface area contributed by atoms with Gasteiger partial charge in [0.2, 0.25) is 5.88 Å². The van der Waals surface area contributed by atoms with Crippen LogP contribution in [-0.2, 0) is 4.74 Å². The second kappa shape index (κ2) is 8.11. The van der Waals surface area contributed by atoms with E-state index in [1.54, 1.807) is 57.6 Å². The highest BCUT2D eigenvalue weighted by Gasteiger charge is 2.26. The Kier molecular flexibility index (Phi) is 5.80. The van der Waals surface area contributed by atoms with Crippen LogP contribution in [-0.4, -0.2) is 49.5 Å². The molecule has 0 fully saturated rings. The first-order valence-corrected chi connectivity index (χ1v) is 9.31. The molecule has 0 aromatic carbocycles. The highest BCUT2D eigenvalue weighted by Crippen LogP contribution is 2.29. The van der Waals surface area contributed by atoms with Gasteiger partial charge in [-0.3, -0.25) is 9.88 Å². The molecule has 0 atom stereocenters. The van der Waals surface area contributed by atoms with Crippen molar-refractivity contribution in [2.75, 3.05) is 18.1 Å². The van der Waals surface area contributed by atoms with E-state index in [-0.39, 0.29) is 19.0 Å². The van der Waals surface area contributed by atoms with Crippen LogP contribution in [0.5, 0.6) is 11.6 Å². The number of carbonyl (C=O) groups is 1. The van der Waals surface area contributed by atoms with Crippen molar-refractivity contribution >= 4 is 33.5 Å². The number of aliphatic hydroxyl groups excluding tert-OH is 1. The number of halogens is 1. The third-order valence-corrected chi connectivity index (χ3v) is 4.02. The van der Waals surface area contributed by atoms with E-state index >= 15 is 0 Å². The van der Waals surface area contributed by atoms with Gasteiger partial charge in [0, 0.05) is 12.3 Å². The van der Waals surface area contributed by atoms with Gasteiger partial charge in [-0.2, -0.15) is 14.6 Å². The highest BCUT2D eigenvalue weighted by atomic mass is 79.9. The molecule has 3 rings (SSSR count). The summed E-state index contributed by atoms with van der Waals surface area (Å²) in [5.74, 6) is 1.08. The predicted molar refractivity (Wildman–Crippen MR) is 106 cm³/mol. The first-order valence-electron chi connectivity index (χ1n) is 8.52. The van der Waals surface area contributed by atoms with Gasteiger partial charge in [-0.05, 0) is 48.8 Å². The number of amides is 1. The van der Waals surface area contributed by atoms with Crippen molar-refractivity contribution in [3.63, 3.8) is 0 Å². The number of hydrogen-bond donors (Lipinski definition) is 1. The van der Waals surface area contributed by atoms with E-state index in [1.165, 1.54) is 9.42 Å². The number of nitrogens with zero attached hydrogens (tertiary/aromatic N) is 5. The molecule has 0 aliphatic carbocycles. The van der Waals surface area contributed by atoms with E-state index in [0.29, 0.717) is 21.7 Å². The van der Waals surface area contributed by atoms with Gasteiger partial charge in [-0.25, -0.2) is 4.79 Å². The predicted octanol–water partition coefficient (Wildman–Crippen LogP) is 3.41. The smallest absolute Gasteiger partial charge is 0.416 e. The first kappa shape index (κ1) is 20.0. The molecule has 0 radical (unpaired) electrons. The van der Waals surface area contributed by atoms with E-state index in [2.05, 4.69) is 31.0 Å². The molecule has 0 saturated heterocycles. The van der Waals surface area contributed by atoms with Gasteiger partial charge in [-0.15, -0.1) is 0 Å². The van der Waals surface area contributed by atoms with Gasteiger partial charge < -0.3 is 14.6 Å². The molecule has 3 heterocycles. The van der Waals surface area contributed by atoms with Gasteiger partial charge in [0.25, 0.3) is 0 Å². The molecule has 3 aromatic heterocycles. The maximum Gasteiger partial charge on any atom is 0.416 e. The topological polar surface area (TPSA) is 102 Å². The Hall–Kier alpha value is -2.72. The van der Waals surface area contributed by atoms with Crippen LogP contribution in [0, 0.1) is 0 Å². The molecule has 28 heavy (non-hydrogen) atoms. The molecule has 1 N–H and O–H groups in total. The number of anilines is 1. The molecule has 0 unspecified atom stereocenters. The maximum atomic E-state index is 12.7. The number of pyridine rings is 1. The Labute approximate surface area is 170 Å². The number of carbonyl (C=O) groups excluding carboxylic acids is 1. The number of fused-ring (bicyclic) bond motifs is 1. The van der Waals surface area contributed by atoms with Crippen LogP contribution in [0.25, 0.3) is 5.65 Å². The van der Waals surface area contributed by atoms with Crippen LogP contribution < -0.4 is 9.64 Å². The zero-order valence-electron chi connectivity index (χ0n) is 15.7. The van der Waals surface area contributed by atoms with Crippen molar-refractivity contribution in [2.45, 2.75) is 26.4 Å². The van der Waals surface area contributed by atoms with Crippen LogP contribution in [0.1, 0.15) is 20.8 Å². The maximum absolute atomic E-state index is 12.7. The van der Waals surface area contributed by atoms with Crippen LogP contribution in [0.3, 0.4) is 0 Å². The minimum Gasteiger partial charge on any atom is -0.443 e. The zero-order valence-corrected chi connectivity index (χ0v) is 17.3. The lowest BCUT2D eigenvalue weighted by Gasteiger charge is -2.27. The minimum atomic E-state index is -0.698. The molecule has 10 heteroatoms. The Bertz CT molecular complexity index is 971. The van der Waals surface area contributed by atoms with Crippen LogP contribution >= 0.6 is 15.9 Å². The van der Waals surface area contributed by atoms with Crippen molar-refractivity contribution in [3.05, 3.63) is 41.3 Å². The lowest BCUT2D eigenvalue weighted by atomic mass is 10.2. The summed E-state index contributed by atoms with van der Waals surface area (Å²) in [6.45, 7) is 5.06. The second-order valence-corrected chi connectivity index (χ2v) is 7.68. The fourth-order valence-corrected chi connectivity index (χ4v) is 2.74. The summed E-state index contributed by atoms with van der Waals surface area (Å²) in [6.07, 6.45) is 4.13. The number of hydrogen-bond acceptors (Lipinski definition) is 7. The lowest BCUT2D eigenvalue weighted by Crippen LogP contribution is -2.39. The highest BCUT2D eigenvalue weighted by molar-refractivity contribution is 9.10. The number of ether oxygens (including phenoxy) is 2. The van der Waals surface area contributed by atoms with Crippen molar-refractivity contribution < 1.29 is 19.4 Å². The Morgan fingerprint density at radius 3 is 2.79 bits per heavy atom. The molecule has 3 aromatic rings. The SMILES string of the molecule is CC(C)(C)OC(=O)N(CCO)c1cc(Oc2cccnc2)nc2c(Br)cnn12. The molecule has 9 nitrogen and oxygen atoms in total. The zero-order chi connectivity index (χ0) is 20.3. The molecule has 1 amide bonds. The van der Waals surface area contributed by atoms with E-state index < -0.39 is 11.7 Å². The Morgan fingerprint density at radius 1 is 1.36 bits per heavy atom. The van der Waals surface area contributed by atoms with Gasteiger partial charge in [0.1, 0.15) is 17.2 Å². The number of aliphatic hydroxyl groups is 1. The summed E-state index contributed by atoms with van der Waals surface area (Å²) >= 11 is 3.40. The average molecular weight is 450 g/mol. The van der Waals surface area contributed by atoms with Crippen LogP contribution in [0.2, 0.25) is 0 Å². The quantitative estimate of drug-likeness (QED) is 0.636. The van der Waals surface area contributed by atoms with Gasteiger partial charge in [0.15, 0.2) is 5.65 Å². The normalized spacial score (nSPS) is 11.5. The van der Waals surface area contributed by atoms with Crippen molar-refractivity contribution in [1.82, 2.24) is 19.6 Å². The van der Waals surface area contributed by atoms with Crippen LogP contribution in [0.15, 0.2) is 41.3 Å². The van der Waals surface area contributed by atoms with Crippen molar-refractivity contribution in [2.24, 2.45) is 0 Å². The third-order valence-electron chi connectivity index (χ3n) is 3.46. The van der Waals surface area contributed by atoms with Crippen molar-refractivity contribution in [3.8, 4) is 11.6 Å². The van der Waals surface area contributed by atoms with Gasteiger partial charge in [-0.1, -0.05) is 0 Å². The summed E-state index contributed by atoms with van der Waals surface area (Å²) in [5.41, 5.74) is -0.251. The average Bonchev–Trinajstić information content (AvgIpc) is 3.00. The standard InChI is InChI=1S/C18H20BrN5O4/c1-18(2,3)28-17(26)23(7-8-25)15-9-14(27-12-5-4-6-20-10-12)22-16-13(19)11-21-24(15)16/h4-6,9-11,25H,7-8H2,1-3H3.